The van der Waals surface area contributed by atoms with Gasteiger partial charge in [-0.2, -0.15) is 13.2 Å². The highest BCUT2D eigenvalue weighted by Gasteiger charge is 2.37. The number of piperazine rings is 1. The lowest BCUT2D eigenvalue weighted by molar-refractivity contribution is -0.146. The van der Waals surface area contributed by atoms with Crippen molar-refractivity contribution in [1.29, 1.82) is 0 Å². The summed E-state index contributed by atoms with van der Waals surface area (Å²) in [6.45, 7) is 1.84. The van der Waals surface area contributed by atoms with Crippen LogP contribution in [-0.4, -0.2) is 67.4 Å². The monoisotopic (exact) mass is 498 g/mol. The Labute approximate surface area is 196 Å². The fraction of sp³-hybridized carbons (Fsp3) is 0.350. The van der Waals surface area contributed by atoms with Crippen molar-refractivity contribution in [2.24, 2.45) is 7.05 Å². The van der Waals surface area contributed by atoms with Gasteiger partial charge in [-0.3, -0.25) is 9.78 Å². The topological polar surface area (TPSA) is 92.1 Å². The third-order valence-corrected chi connectivity index (χ3v) is 5.73. The molecule has 1 amide bonds. The van der Waals surface area contributed by atoms with E-state index in [1.54, 1.807) is 11.0 Å². The van der Waals surface area contributed by atoms with Crippen molar-refractivity contribution in [3.8, 4) is 11.4 Å². The summed E-state index contributed by atoms with van der Waals surface area (Å²) in [5, 5.41) is 3.11. The molecular formula is C20H19ClF4N8O. The molecule has 14 heteroatoms. The van der Waals surface area contributed by atoms with E-state index in [2.05, 4.69) is 30.2 Å². The molecule has 4 rings (SSSR count). The van der Waals surface area contributed by atoms with E-state index >= 15 is 0 Å². The zero-order chi connectivity index (χ0) is 24.6. The first kappa shape index (κ1) is 23.8. The van der Waals surface area contributed by atoms with E-state index in [4.69, 9.17) is 11.6 Å². The normalized spacial score (nSPS) is 17.1. The Bertz CT molecular complexity index is 1220. The average molecular weight is 499 g/mol. The Morgan fingerprint density at radius 1 is 1.15 bits per heavy atom. The van der Waals surface area contributed by atoms with Crippen LogP contribution >= 0.6 is 11.6 Å². The number of hydrogen-bond acceptors (Lipinski definition) is 7. The maximum Gasteiger partial charge on any atom is 0.449 e. The van der Waals surface area contributed by atoms with Crippen LogP contribution in [0, 0.1) is 5.82 Å². The number of alkyl halides is 3. The molecule has 1 atom stereocenters. The van der Waals surface area contributed by atoms with E-state index in [1.165, 1.54) is 6.20 Å². The fourth-order valence-corrected chi connectivity index (χ4v) is 3.99. The van der Waals surface area contributed by atoms with Gasteiger partial charge in [0.1, 0.15) is 5.69 Å². The second-order valence-electron chi connectivity index (χ2n) is 7.75. The predicted octanol–water partition coefficient (Wildman–Crippen LogP) is 3.27. The number of hydrogen-bond donors (Lipinski definition) is 1. The Morgan fingerprint density at radius 3 is 2.56 bits per heavy atom. The third kappa shape index (κ3) is 4.66. The Kier molecular flexibility index (Phi) is 6.41. The van der Waals surface area contributed by atoms with E-state index in [-0.39, 0.29) is 23.4 Å². The first-order chi connectivity index (χ1) is 16.1. The molecule has 180 valence electrons. The molecule has 1 unspecified atom stereocenters. The molecule has 1 aliphatic rings. The summed E-state index contributed by atoms with van der Waals surface area (Å²) in [6.07, 6.45) is -0.747. The summed E-state index contributed by atoms with van der Waals surface area (Å²) in [5.41, 5.74) is 0.359. The van der Waals surface area contributed by atoms with Crippen molar-refractivity contribution in [3.63, 3.8) is 0 Å². The SMILES string of the molecule is CN1CCN(C=O)C(c2ncc(Nc3ncc(F)c(-c4cnc(C(F)(F)F)n4C)n3)cc2Cl)C1. The van der Waals surface area contributed by atoms with Crippen molar-refractivity contribution in [2.75, 3.05) is 32.0 Å². The van der Waals surface area contributed by atoms with Gasteiger partial charge in [0.05, 0.1) is 46.7 Å². The third-order valence-electron chi connectivity index (χ3n) is 5.43. The molecule has 1 aliphatic heterocycles. The molecule has 1 saturated heterocycles. The number of anilines is 2. The maximum absolute atomic E-state index is 14.4. The van der Waals surface area contributed by atoms with Crippen LogP contribution in [0.2, 0.25) is 5.02 Å². The van der Waals surface area contributed by atoms with Gasteiger partial charge in [-0.25, -0.2) is 19.3 Å². The fourth-order valence-electron chi connectivity index (χ4n) is 3.69. The summed E-state index contributed by atoms with van der Waals surface area (Å²) in [4.78, 5) is 30.7. The van der Waals surface area contributed by atoms with Gasteiger partial charge in [0.2, 0.25) is 18.2 Å². The number of amides is 1. The van der Waals surface area contributed by atoms with E-state index in [9.17, 15) is 22.4 Å². The number of carbonyl (C=O) groups is 1. The number of nitrogens with one attached hydrogen (secondary N) is 1. The largest absolute Gasteiger partial charge is 0.449 e. The van der Waals surface area contributed by atoms with Crippen LogP contribution in [-0.2, 0) is 18.0 Å². The van der Waals surface area contributed by atoms with Gasteiger partial charge in [-0.15, -0.1) is 0 Å². The lowest BCUT2D eigenvalue weighted by Gasteiger charge is -2.37. The number of halogens is 5. The number of imidazole rings is 1. The molecular weight excluding hydrogens is 480 g/mol. The van der Waals surface area contributed by atoms with Gasteiger partial charge in [0.25, 0.3) is 0 Å². The van der Waals surface area contributed by atoms with Crippen molar-refractivity contribution in [3.05, 3.63) is 47.0 Å². The Balaban J connectivity index is 1.60. The molecule has 0 bridgehead atoms. The van der Waals surface area contributed by atoms with Crippen LogP contribution < -0.4 is 5.32 Å². The van der Waals surface area contributed by atoms with Gasteiger partial charge in [0, 0.05) is 26.7 Å². The van der Waals surface area contributed by atoms with Crippen molar-refractivity contribution in [2.45, 2.75) is 12.2 Å². The smallest absolute Gasteiger partial charge is 0.334 e. The van der Waals surface area contributed by atoms with Gasteiger partial charge >= 0.3 is 6.18 Å². The second-order valence-corrected chi connectivity index (χ2v) is 8.16. The van der Waals surface area contributed by atoms with Gasteiger partial charge < -0.3 is 19.7 Å². The minimum atomic E-state index is -4.70. The van der Waals surface area contributed by atoms with Crippen LogP contribution in [0.3, 0.4) is 0 Å². The molecule has 3 aromatic heterocycles. The van der Waals surface area contributed by atoms with Crippen LogP contribution in [0.25, 0.3) is 11.4 Å². The van der Waals surface area contributed by atoms with Gasteiger partial charge in [-0.1, -0.05) is 11.6 Å². The number of rotatable bonds is 5. The number of aromatic nitrogens is 5. The molecule has 34 heavy (non-hydrogen) atoms. The molecule has 4 heterocycles. The standard InChI is InChI=1S/C20H19ClF4N8O/c1-31-3-4-33(10-34)15(9-31)16-12(21)5-11(6-26-16)29-19-28-7-13(22)17(30-19)14-8-27-18(32(14)2)20(23,24)25/h5-8,10,15H,3-4,9H2,1-2H3,(H,28,29,30). The Hall–Kier alpha value is -3.32. The number of carbonyl (C=O) groups excluding carboxylic acids is 1. The quantitative estimate of drug-likeness (QED) is 0.426. The van der Waals surface area contributed by atoms with Crippen molar-refractivity contribution in [1.82, 2.24) is 34.3 Å². The molecule has 0 radical (unpaired) electrons. The number of nitrogens with zero attached hydrogens (tertiary/aromatic N) is 7. The molecule has 0 aliphatic carbocycles. The molecule has 0 saturated carbocycles. The molecule has 9 nitrogen and oxygen atoms in total. The molecule has 0 aromatic carbocycles. The van der Waals surface area contributed by atoms with Crippen LogP contribution in [0.4, 0.5) is 29.2 Å². The summed E-state index contributed by atoms with van der Waals surface area (Å²) < 4.78 is 54.2. The van der Waals surface area contributed by atoms with E-state index in [0.29, 0.717) is 34.1 Å². The summed E-state index contributed by atoms with van der Waals surface area (Å²) in [6, 6.07) is 1.24. The van der Waals surface area contributed by atoms with Crippen molar-refractivity contribution >= 4 is 29.6 Å². The van der Waals surface area contributed by atoms with Crippen molar-refractivity contribution < 1.29 is 22.4 Å². The molecule has 1 N–H and O–H groups in total. The lowest BCUT2D eigenvalue weighted by atomic mass is 10.1. The number of pyridine rings is 1. The first-order valence-electron chi connectivity index (χ1n) is 10.0. The first-order valence-corrected chi connectivity index (χ1v) is 10.4. The Morgan fingerprint density at radius 2 is 1.91 bits per heavy atom. The highest BCUT2D eigenvalue weighted by atomic mass is 35.5. The predicted molar refractivity (Wildman–Crippen MR) is 115 cm³/mol. The highest BCUT2D eigenvalue weighted by molar-refractivity contribution is 6.31. The van der Waals surface area contributed by atoms with E-state index < -0.39 is 17.8 Å². The van der Waals surface area contributed by atoms with Gasteiger partial charge in [-0.05, 0) is 13.1 Å². The summed E-state index contributed by atoms with van der Waals surface area (Å²) in [5.74, 6) is -2.17. The van der Waals surface area contributed by atoms with Crippen LogP contribution in [0.15, 0.2) is 24.7 Å². The van der Waals surface area contributed by atoms with E-state index in [1.807, 2.05) is 7.05 Å². The zero-order valence-electron chi connectivity index (χ0n) is 18.0. The molecule has 0 spiro atoms. The van der Waals surface area contributed by atoms with E-state index in [0.717, 1.165) is 32.4 Å². The van der Waals surface area contributed by atoms with Crippen LogP contribution in [0.5, 0.6) is 0 Å². The molecule has 3 aromatic rings. The molecule has 1 fully saturated rings. The van der Waals surface area contributed by atoms with Gasteiger partial charge in [0.15, 0.2) is 5.82 Å². The minimum absolute atomic E-state index is 0.0799. The summed E-state index contributed by atoms with van der Waals surface area (Å²) >= 11 is 6.44. The second kappa shape index (κ2) is 9.14. The number of likely N-dealkylation sites (N-methyl/N-ethyl adjacent to an activating group) is 1. The van der Waals surface area contributed by atoms with Crippen LogP contribution in [0.1, 0.15) is 17.6 Å². The summed E-state index contributed by atoms with van der Waals surface area (Å²) in [7, 11) is 3.05. The lowest BCUT2D eigenvalue weighted by Crippen LogP contribution is -2.46. The average Bonchev–Trinajstić information content (AvgIpc) is 3.17. The highest BCUT2D eigenvalue weighted by Crippen LogP contribution is 2.33. The minimum Gasteiger partial charge on any atom is -0.334 e. The zero-order valence-corrected chi connectivity index (χ0v) is 18.8. The maximum atomic E-state index is 14.4.